The molecule has 1 aromatic rings. The van der Waals surface area contributed by atoms with Crippen LogP contribution in [0.3, 0.4) is 0 Å². The summed E-state index contributed by atoms with van der Waals surface area (Å²) < 4.78 is 0.951. The topological polar surface area (TPSA) is 12.9 Å². The number of pyridine rings is 1. The van der Waals surface area contributed by atoms with Crippen LogP contribution >= 0.6 is 15.9 Å². The van der Waals surface area contributed by atoms with Crippen molar-refractivity contribution in [1.29, 1.82) is 0 Å². The van der Waals surface area contributed by atoms with Crippen LogP contribution in [0.25, 0.3) is 0 Å². The van der Waals surface area contributed by atoms with Crippen molar-refractivity contribution in [2.24, 2.45) is 0 Å². The highest BCUT2D eigenvalue weighted by Gasteiger charge is 1.83. The zero-order valence-corrected chi connectivity index (χ0v) is 5.72. The summed E-state index contributed by atoms with van der Waals surface area (Å²) in [6.07, 6.45) is 1.66. The van der Waals surface area contributed by atoms with Crippen LogP contribution in [0, 0.1) is 6.92 Å². The minimum absolute atomic E-state index is 0.549. The molecule has 0 N–H and O–H groups in total. The van der Waals surface area contributed by atoms with E-state index in [9.17, 15) is 0 Å². The first-order valence-electron chi connectivity index (χ1n) is 2.16. The summed E-state index contributed by atoms with van der Waals surface area (Å²) in [5.41, 5.74) is 0.549. The molecular formula is C6H4BrN. The summed E-state index contributed by atoms with van der Waals surface area (Å²) in [7, 11) is 0. The fourth-order valence-electron chi connectivity index (χ4n) is 0.387. The lowest BCUT2D eigenvalue weighted by Crippen LogP contribution is -1.75. The van der Waals surface area contributed by atoms with Crippen molar-refractivity contribution in [3.05, 3.63) is 35.4 Å². The molecule has 0 atom stereocenters. The second-order valence-corrected chi connectivity index (χ2v) is 2.32. The van der Waals surface area contributed by atoms with Gasteiger partial charge in [-0.3, -0.25) is 4.98 Å². The summed E-state index contributed by atoms with van der Waals surface area (Å²) >= 11 is 3.23. The molecule has 0 unspecified atom stereocenters. The van der Waals surface area contributed by atoms with E-state index >= 15 is 0 Å². The van der Waals surface area contributed by atoms with E-state index < -0.39 is 0 Å². The van der Waals surface area contributed by atoms with E-state index in [1.807, 2.05) is 6.07 Å². The smallest absolute Gasteiger partial charge is 0.0449 e. The molecule has 0 fully saturated rings. The van der Waals surface area contributed by atoms with Crippen LogP contribution in [0.1, 0.15) is 5.69 Å². The first-order chi connectivity index (χ1) is 3.79. The van der Waals surface area contributed by atoms with Gasteiger partial charge in [0.2, 0.25) is 0 Å². The van der Waals surface area contributed by atoms with Crippen molar-refractivity contribution in [1.82, 2.24) is 4.98 Å². The first-order valence-corrected chi connectivity index (χ1v) is 2.95. The Labute approximate surface area is 56.9 Å². The highest BCUT2D eigenvalue weighted by molar-refractivity contribution is 9.10. The molecular weight excluding hydrogens is 166 g/mol. The molecule has 0 amide bonds. The van der Waals surface area contributed by atoms with Crippen LogP contribution in [0.5, 0.6) is 0 Å². The Morgan fingerprint density at radius 3 is 2.62 bits per heavy atom. The van der Waals surface area contributed by atoms with Crippen LogP contribution in [0.4, 0.5) is 0 Å². The number of rotatable bonds is 0. The van der Waals surface area contributed by atoms with Crippen molar-refractivity contribution in [3.8, 4) is 0 Å². The molecule has 0 bridgehead atoms. The normalized spacial score (nSPS) is 9.25. The van der Waals surface area contributed by atoms with Gasteiger partial charge < -0.3 is 0 Å². The predicted molar refractivity (Wildman–Crippen MR) is 35.3 cm³/mol. The van der Waals surface area contributed by atoms with Gasteiger partial charge in [-0.25, -0.2) is 0 Å². The second kappa shape index (κ2) is 2.27. The van der Waals surface area contributed by atoms with Crippen LogP contribution < -0.4 is 0 Å². The SMILES string of the molecule is [CH]c1ccc(Br)cn1. The van der Waals surface area contributed by atoms with Gasteiger partial charge in [0.1, 0.15) is 0 Å². The summed E-state index contributed by atoms with van der Waals surface area (Å²) in [6.45, 7) is 5.29. The van der Waals surface area contributed by atoms with Gasteiger partial charge in [-0.2, -0.15) is 0 Å². The molecule has 0 aliphatic rings. The van der Waals surface area contributed by atoms with Gasteiger partial charge in [0, 0.05) is 23.3 Å². The van der Waals surface area contributed by atoms with Crippen LogP contribution in [0.2, 0.25) is 0 Å². The average molecular weight is 170 g/mol. The van der Waals surface area contributed by atoms with Crippen LogP contribution in [0.15, 0.2) is 22.8 Å². The quantitative estimate of drug-likeness (QED) is 0.579. The van der Waals surface area contributed by atoms with E-state index in [1.165, 1.54) is 0 Å². The zero-order valence-electron chi connectivity index (χ0n) is 4.13. The third-order valence-corrected chi connectivity index (χ3v) is 1.22. The van der Waals surface area contributed by atoms with E-state index in [4.69, 9.17) is 6.92 Å². The predicted octanol–water partition coefficient (Wildman–Crippen LogP) is 1.90. The molecule has 1 heterocycles. The Morgan fingerprint density at radius 2 is 2.25 bits per heavy atom. The van der Waals surface area contributed by atoms with Crippen molar-refractivity contribution >= 4 is 15.9 Å². The van der Waals surface area contributed by atoms with Crippen molar-refractivity contribution in [2.45, 2.75) is 0 Å². The van der Waals surface area contributed by atoms with Crippen molar-refractivity contribution < 1.29 is 0 Å². The Kier molecular flexibility index (Phi) is 1.63. The number of hydrogen-bond acceptors (Lipinski definition) is 1. The lowest BCUT2D eigenvalue weighted by Gasteiger charge is -1.87. The Bertz CT molecular complexity index is 147. The van der Waals surface area contributed by atoms with E-state index in [-0.39, 0.29) is 0 Å². The molecule has 8 heavy (non-hydrogen) atoms. The maximum Gasteiger partial charge on any atom is 0.0449 e. The third-order valence-electron chi connectivity index (χ3n) is 0.750. The van der Waals surface area contributed by atoms with Gasteiger partial charge in [0.05, 0.1) is 0 Å². The molecule has 0 aliphatic heterocycles. The Balaban J connectivity index is 3.03. The standard InChI is InChI=1S/C6H4BrN/c1-5-2-3-6(7)4-8-5/h1-4H. The molecule has 1 nitrogen and oxygen atoms in total. The van der Waals surface area contributed by atoms with Crippen molar-refractivity contribution in [3.63, 3.8) is 0 Å². The van der Waals surface area contributed by atoms with Crippen LogP contribution in [-0.4, -0.2) is 4.98 Å². The molecule has 0 saturated carbocycles. The second-order valence-electron chi connectivity index (χ2n) is 1.40. The number of nitrogens with zero attached hydrogens (tertiary/aromatic N) is 1. The maximum atomic E-state index is 5.29. The van der Waals surface area contributed by atoms with Gasteiger partial charge >= 0.3 is 0 Å². The molecule has 0 aliphatic carbocycles. The van der Waals surface area contributed by atoms with Gasteiger partial charge in [-0.05, 0) is 28.1 Å². The van der Waals surface area contributed by atoms with E-state index in [1.54, 1.807) is 12.3 Å². The molecule has 1 rings (SSSR count). The number of aromatic nitrogens is 1. The molecule has 0 aromatic carbocycles. The van der Waals surface area contributed by atoms with Gasteiger partial charge in [0.25, 0.3) is 0 Å². The average Bonchev–Trinajstić information content (AvgIpc) is 1.77. The van der Waals surface area contributed by atoms with Crippen molar-refractivity contribution in [2.75, 3.05) is 0 Å². The third kappa shape index (κ3) is 1.30. The summed E-state index contributed by atoms with van der Waals surface area (Å²) in [5.74, 6) is 0. The Morgan fingerprint density at radius 1 is 1.50 bits per heavy atom. The zero-order chi connectivity index (χ0) is 5.98. The summed E-state index contributed by atoms with van der Waals surface area (Å²) in [4.78, 5) is 3.81. The minimum atomic E-state index is 0.549. The summed E-state index contributed by atoms with van der Waals surface area (Å²) in [5, 5.41) is 0. The molecule has 0 spiro atoms. The molecule has 2 heteroatoms. The highest BCUT2D eigenvalue weighted by atomic mass is 79.9. The molecule has 0 saturated heterocycles. The van der Waals surface area contributed by atoms with E-state index in [2.05, 4.69) is 20.9 Å². The maximum absolute atomic E-state index is 5.29. The fourth-order valence-corrected chi connectivity index (χ4v) is 0.622. The van der Waals surface area contributed by atoms with E-state index in [0.29, 0.717) is 5.69 Å². The first kappa shape index (κ1) is 5.76. The fraction of sp³-hybridized carbons (Fsp3) is 0. The minimum Gasteiger partial charge on any atom is -0.260 e. The van der Waals surface area contributed by atoms with Gasteiger partial charge in [0.15, 0.2) is 0 Å². The number of hydrogen-bond donors (Lipinski definition) is 0. The lowest BCUT2D eigenvalue weighted by molar-refractivity contribution is 1.25. The Hall–Kier alpha value is -0.370. The van der Waals surface area contributed by atoms with Gasteiger partial charge in [-0.15, -0.1) is 0 Å². The lowest BCUT2D eigenvalue weighted by atomic mass is 10.4. The molecule has 40 valence electrons. The highest BCUT2D eigenvalue weighted by Crippen LogP contribution is 2.05. The van der Waals surface area contributed by atoms with Crippen LogP contribution in [-0.2, 0) is 0 Å². The van der Waals surface area contributed by atoms with E-state index in [0.717, 1.165) is 4.47 Å². The van der Waals surface area contributed by atoms with Gasteiger partial charge in [-0.1, -0.05) is 0 Å². The monoisotopic (exact) mass is 169 g/mol. The molecule has 2 radical (unpaired) electrons. The summed E-state index contributed by atoms with van der Waals surface area (Å²) in [6, 6.07) is 3.59. The molecule has 1 aromatic heterocycles. The number of halogens is 1. The largest absolute Gasteiger partial charge is 0.260 e.